The molecule has 0 aliphatic carbocycles. The highest BCUT2D eigenvalue weighted by molar-refractivity contribution is 5.92. The lowest BCUT2D eigenvalue weighted by Crippen LogP contribution is -1.97. The van der Waals surface area contributed by atoms with Gasteiger partial charge in [-0.1, -0.05) is 6.92 Å². The van der Waals surface area contributed by atoms with Crippen LogP contribution < -0.4 is 0 Å². The minimum absolute atomic E-state index is 0.794. The minimum atomic E-state index is 0.794. The van der Waals surface area contributed by atoms with Crippen molar-refractivity contribution in [1.82, 2.24) is 19.9 Å². The summed E-state index contributed by atoms with van der Waals surface area (Å²) in [5.74, 6) is 0.794. The van der Waals surface area contributed by atoms with Crippen LogP contribution in [0.4, 0.5) is 0 Å². The summed E-state index contributed by atoms with van der Waals surface area (Å²) in [6.45, 7) is 4.03. The molecule has 0 atom stereocenters. The molecule has 18 heavy (non-hydrogen) atoms. The van der Waals surface area contributed by atoms with Gasteiger partial charge in [-0.05, 0) is 31.0 Å². The van der Waals surface area contributed by atoms with Crippen LogP contribution >= 0.6 is 0 Å². The van der Waals surface area contributed by atoms with E-state index < -0.39 is 0 Å². The van der Waals surface area contributed by atoms with Gasteiger partial charge in [0.1, 0.15) is 11.5 Å². The standard InChI is InChI=1S/C14H14N4/c1-3-10-8-17-9(2)18-13(10)11-4-6-15-14-12(11)5-7-16-14/h4-8H,3H2,1-2H3,(H,15,16). The highest BCUT2D eigenvalue weighted by atomic mass is 14.9. The van der Waals surface area contributed by atoms with E-state index in [1.54, 1.807) is 0 Å². The summed E-state index contributed by atoms with van der Waals surface area (Å²) in [6, 6.07) is 4.05. The van der Waals surface area contributed by atoms with E-state index in [0.29, 0.717) is 0 Å². The first-order valence-corrected chi connectivity index (χ1v) is 6.04. The third kappa shape index (κ3) is 1.66. The van der Waals surface area contributed by atoms with Crippen molar-refractivity contribution < 1.29 is 0 Å². The normalized spacial score (nSPS) is 11.0. The molecule has 0 amide bonds. The molecule has 3 rings (SSSR count). The lowest BCUT2D eigenvalue weighted by atomic mass is 10.0. The zero-order chi connectivity index (χ0) is 12.5. The average Bonchev–Trinajstić information content (AvgIpc) is 2.86. The Morgan fingerprint density at radius 2 is 2.11 bits per heavy atom. The number of hydrogen-bond donors (Lipinski definition) is 1. The van der Waals surface area contributed by atoms with E-state index in [2.05, 4.69) is 26.9 Å². The van der Waals surface area contributed by atoms with Gasteiger partial charge in [-0.2, -0.15) is 0 Å². The van der Waals surface area contributed by atoms with Gasteiger partial charge in [0, 0.05) is 29.5 Å². The molecular formula is C14H14N4. The van der Waals surface area contributed by atoms with Crippen molar-refractivity contribution in [2.75, 3.05) is 0 Å². The largest absolute Gasteiger partial charge is 0.346 e. The second-order valence-corrected chi connectivity index (χ2v) is 4.24. The maximum atomic E-state index is 4.59. The molecule has 1 N–H and O–H groups in total. The van der Waals surface area contributed by atoms with Gasteiger partial charge in [0.05, 0.1) is 5.69 Å². The van der Waals surface area contributed by atoms with E-state index in [9.17, 15) is 0 Å². The number of rotatable bonds is 2. The zero-order valence-corrected chi connectivity index (χ0v) is 10.4. The molecule has 0 radical (unpaired) electrons. The molecule has 0 aliphatic heterocycles. The molecule has 0 saturated carbocycles. The summed E-state index contributed by atoms with van der Waals surface area (Å²) in [4.78, 5) is 16.3. The van der Waals surface area contributed by atoms with E-state index >= 15 is 0 Å². The number of hydrogen-bond acceptors (Lipinski definition) is 3. The van der Waals surface area contributed by atoms with Crippen molar-refractivity contribution in [3.05, 3.63) is 42.1 Å². The smallest absolute Gasteiger partial charge is 0.137 e. The topological polar surface area (TPSA) is 54.5 Å². The number of pyridine rings is 1. The van der Waals surface area contributed by atoms with Crippen LogP contribution in [0.1, 0.15) is 18.3 Å². The number of aromatic nitrogens is 4. The Labute approximate surface area is 105 Å². The first-order chi connectivity index (χ1) is 8.79. The molecule has 3 heterocycles. The predicted molar refractivity (Wildman–Crippen MR) is 71.2 cm³/mol. The Balaban J connectivity index is 2.31. The molecule has 0 fully saturated rings. The van der Waals surface area contributed by atoms with E-state index in [-0.39, 0.29) is 0 Å². The van der Waals surface area contributed by atoms with Gasteiger partial charge >= 0.3 is 0 Å². The third-order valence-corrected chi connectivity index (χ3v) is 3.08. The van der Waals surface area contributed by atoms with Crippen molar-refractivity contribution in [3.8, 4) is 11.3 Å². The third-order valence-electron chi connectivity index (χ3n) is 3.08. The Hall–Kier alpha value is -2.23. The van der Waals surface area contributed by atoms with Gasteiger partial charge in [-0.3, -0.25) is 0 Å². The average molecular weight is 238 g/mol. The fourth-order valence-electron chi connectivity index (χ4n) is 2.15. The molecule has 0 saturated heterocycles. The molecule has 0 bridgehead atoms. The Bertz CT molecular complexity index is 700. The number of H-pyrrole nitrogens is 1. The molecule has 0 aliphatic rings. The SMILES string of the molecule is CCc1cnc(C)nc1-c1ccnc2[nH]ccc12. The van der Waals surface area contributed by atoms with Crippen LogP contribution in [0.15, 0.2) is 30.7 Å². The van der Waals surface area contributed by atoms with Crippen molar-refractivity contribution in [2.45, 2.75) is 20.3 Å². The van der Waals surface area contributed by atoms with Gasteiger partial charge in [0.2, 0.25) is 0 Å². The Kier molecular flexibility index (Phi) is 2.55. The fraction of sp³-hybridized carbons (Fsp3) is 0.214. The van der Waals surface area contributed by atoms with Gasteiger partial charge in [0.25, 0.3) is 0 Å². The van der Waals surface area contributed by atoms with Gasteiger partial charge in [-0.25, -0.2) is 15.0 Å². The monoisotopic (exact) mass is 238 g/mol. The van der Waals surface area contributed by atoms with Crippen molar-refractivity contribution >= 4 is 11.0 Å². The Morgan fingerprint density at radius 1 is 1.22 bits per heavy atom. The van der Waals surface area contributed by atoms with Crippen LogP contribution in [0.25, 0.3) is 22.3 Å². The second kappa shape index (κ2) is 4.22. The van der Waals surface area contributed by atoms with Crippen molar-refractivity contribution in [3.63, 3.8) is 0 Å². The summed E-state index contributed by atoms with van der Waals surface area (Å²) in [6.07, 6.45) is 6.55. The summed E-state index contributed by atoms with van der Waals surface area (Å²) in [5.41, 5.74) is 4.18. The summed E-state index contributed by atoms with van der Waals surface area (Å²) in [5, 5.41) is 1.10. The van der Waals surface area contributed by atoms with Gasteiger partial charge < -0.3 is 4.98 Å². The van der Waals surface area contributed by atoms with E-state index in [1.807, 2.05) is 37.6 Å². The number of nitrogens with one attached hydrogen (secondary N) is 1. The molecule has 3 aromatic rings. The van der Waals surface area contributed by atoms with Crippen molar-refractivity contribution in [1.29, 1.82) is 0 Å². The zero-order valence-electron chi connectivity index (χ0n) is 10.4. The minimum Gasteiger partial charge on any atom is -0.346 e. The summed E-state index contributed by atoms with van der Waals surface area (Å²) in [7, 11) is 0. The van der Waals surface area contributed by atoms with Crippen LogP contribution in [-0.4, -0.2) is 19.9 Å². The highest BCUT2D eigenvalue weighted by Crippen LogP contribution is 2.28. The van der Waals surface area contributed by atoms with Crippen LogP contribution in [0.3, 0.4) is 0 Å². The molecule has 0 unspecified atom stereocenters. The van der Waals surface area contributed by atoms with E-state index in [1.165, 1.54) is 0 Å². The van der Waals surface area contributed by atoms with Crippen LogP contribution in [0.2, 0.25) is 0 Å². The van der Waals surface area contributed by atoms with E-state index in [0.717, 1.165) is 40.1 Å². The number of nitrogens with zero attached hydrogens (tertiary/aromatic N) is 3. The van der Waals surface area contributed by atoms with Crippen LogP contribution in [-0.2, 0) is 6.42 Å². The Morgan fingerprint density at radius 3 is 2.94 bits per heavy atom. The second-order valence-electron chi connectivity index (χ2n) is 4.24. The summed E-state index contributed by atoms with van der Waals surface area (Å²) >= 11 is 0. The quantitative estimate of drug-likeness (QED) is 0.746. The number of aryl methyl sites for hydroxylation is 2. The first kappa shape index (κ1) is 10.9. The molecule has 4 nitrogen and oxygen atoms in total. The number of aromatic amines is 1. The van der Waals surface area contributed by atoms with E-state index in [4.69, 9.17) is 0 Å². The predicted octanol–water partition coefficient (Wildman–Crippen LogP) is 2.89. The molecule has 0 spiro atoms. The van der Waals surface area contributed by atoms with Crippen molar-refractivity contribution in [2.24, 2.45) is 0 Å². The van der Waals surface area contributed by atoms with Gasteiger partial charge in [0.15, 0.2) is 0 Å². The van der Waals surface area contributed by atoms with Crippen LogP contribution in [0, 0.1) is 6.92 Å². The fourth-order valence-corrected chi connectivity index (χ4v) is 2.15. The molecule has 90 valence electrons. The van der Waals surface area contributed by atoms with Gasteiger partial charge in [-0.15, -0.1) is 0 Å². The molecule has 4 heteroatoms. The first-order valence-electron chi connectivity index (χ1n) is 6.04. The lowest BCUT2D eigenvalue weighted by molar-refractivity contribution is 0.997. The lowest BCUT2D eigenvalue weighted by Gasteiger charge is -2.08. The maximum absolute atomic E-state index is 4.59. The number of fused-ring (bicyclic) bond motifs is 1. The summed E-state index contributed by atoms with van der Waals surface area (Å²) < 4.78 is 0. The molecule has 3 aromatic heterocycles. The molecular weight excluding hydrogens is 224 g/mol. The maximum Gasteiger partial charge on any atom is 0.137 e. The highest BCUT2D eigenvalue weighted by Gasteiger charge is 2.11. The molecule has 0 aromatic carbocycles. The van der Waals surface area contributed by atoms with Crippen LogP contribution in [0.5, 0.6) is 0 Å².